The number of amides is 1. The van der Waals surface area contributed by atoms with Crippen molar-refractivity contribution >= 4 is 5.91 Å². The van der Waals surface area contributed by atoms with Crippen molar-refractivity contribution in [1.82, 2.24) is 4.90 Å². The van der Waals surface area contributed by atoms with Crippen molar-refractivity contribution in [3.05, 3.63) is 17.7 Å². The lowest BCUT2D eigenvalue weighted by Crippen LogP contribution is -2.42. The number of likely N-dealkylation sites (tertiary alicyclic amines) is 1. The summed E-state index contributed by atoms with van der Waals surface area (Å²) in [5, 5.41) is 10.2. The molecule has 1 aliphatic heterocycles. The maximum atomic E-state index is 12.6. The van der Waals surface area contributed by atoms with E-state index in [0.29, 0.717) is 29.6 Å². The van der Waals surface area contributed by atoms with Gasteiger partial charge in [-0.15, -0.1) is 0 Å². The third-order valence-electron chi connectivity index (χ3n) is 5.45. The number of nitrogens with zero attached hydrogens (tertiary/aromatic N) is 1. The van der Waals surface area contributed by atoms with Crippen molar-refractivity contribution in [2.24, 2.45) is 5.92 Å². The number of ether oxygens (including phenoxy) is 3. The normalized spacial score (nSPS) is 19.4. The monoisotopic (exact) mass is 349 g/mol. The van der Waals surface area contributed by atoms with E-state index in [1.54, 1.807) is 21.3 Å². The fraction of sp³-hybridized carbons (Fsp3) is 0.632. The highest BCUT2D eigenvalue weighted by atomic mass is 16.5. The quantitative estimate of drug-likeness (QED) is 0.851. The summed E-state index contributed by atoms with van der Waals surface area (Å²) in [5.41, 5.74) is 0.397. The Morgan fingerprint density at radius 2 is 1.68 bits per heavy atom. The molecule has 2 aliphatic rings. The van der Waals surface area contributed by atoms with Gasteiger partial charge in [-0.2, -0.15) is 0 Å². The number of rotatable bonds is 6. The molecule has 1 amide bonds. The van der Waals surface area contributed by atoms with Crippen molar-refractivity contribution in [3.8, 4) is 17.2 Å². The van der Waals surface area contributed by atoms with E-state index in [4.69, 9.17) is 14.2 Å². The van der Waals surface area contributed by atoms with Crippen LogP contribution in [0.25, 0.3) is 0 Å². The average Bonchev–Trinajstić information content (AvgIpc) is 3.39. The van der Waals surface area contributed by atoms with Crippen LogP contribution in [-0.2, 0) is 11.2 Å². The first-order valence-corrected chi connectivity index (χ1v) is 8.79. The summed E-state index contributed by atoms with van der Waals surface area (Å²) < 4.78 is 16.0. The zero-order chi connectivity index (χ0) is 18.0. The van der Waals surface area contributed by atoms with Crippen LogP contribution in [0.3, 0.4) is 0 Å². The Labute approximate surface area is 148 Å². The second-order valence-electron chi connectivity index (χ2n) is 6.97. The molecule has 1 aromatic rings. The molecule has 138 valence electrons. The standard InChI is InChI=1S/C19H27NO5/c1-23-15-10-13(11-16(24-2)18(15)25-3)12-17(21)20-8-4-14(5-9-20)19(22)6-7-19/h10-11,14,22H,4-9,12H2,1-3H3. The van der Waals surface area contributed by atoms with Crippen LogP contribution in [0.5, 0.6) is 17.2 Å². The number of carbonyl (C=O) groups is 1. The first-order chi connectivity index (χ1) is 12.0. The van der Waals surface area contributed by atoms with E-state index in [1.807, 2.05) is 17.0 Å². The van der Waals surface area contributed by atoms with Crippen LogP contribution in [0.1, 0.15) is 31.2 Å². The highest BCUT2D eigenvalue weighted by Crippen LogP contribution is 2.46. The Morgan fingerprint density at radius 3 is 2.12 bits per heavy atom. The lowest BCUT2D eigenvalue weighted by molar-refractivity contribution is -0.132. The summed E-state index contributed by atoms with van der Waals surface area (Å²) in [6.07, 6.45) is 3.90. The molecular formula is C19H27NO5. The van der Waals surface area contributed by atoms with Crippen LogP contribution in [-0.4, -0.2) is 55.9 Å². The van der Waals surface area contributed by atoms with Gasteiger partial charge in [-0.1, -0.05) is 0 Å². The molecule has 6 heteroatoms. The van der Waals surface area contributed by atoms with E-state index in [2.05, 4.69) is 0 Å². The number of aliphatic hydroxyl groups is 1. The molecule has 6 nitrogen and oxygen atoms in total. The highest BCUT2D eigenvalue weighted by molar-refractivity contribution is 5.79. The van der Waals surface area contributed by atoms with E-state index < -0.39 is 5.60 Å². The van der Waals surface area contributed by atoms with Gasteiger partial charge < -0.3 is 24.2 Å². The van der Waals surface area contributed by atoms with Crippen LogP contribution in [0.4, 0.5) is 0 Å². The van der Waals surface area contributed by atoms with Gasteiger partial charge >= 0.3 is 0 Å². The molecule has 25 heavy (non-hydrogen) atoms. The van der Waals surface area contributed by atoms with E-state index in [9.17, 15) is 9.90 Å². The van der Waals surface area contributed by atoms with Gasteiger partial charge in [-0.25, -0.2) is 0 Å². The summed E-state index contributed by atoms with van der Waals surface area (Å²) in [4.78, 5) is 14.5. The number of methoxy groups -OCH3 is 3. The number of benzene rings is 1. The summed E-state index contributed by atoms with van der Waals surface area (Å²) in [6.45, 7) is 1.44. The number of carbonyl (C=O) groups excluding carboxylic acids is 1. The predicted octanol–water partition coefficient (Wildman–Crippen LogP) is 2.02. The lowest BCUT2D eigenvalue weighted by Gasteiger charge is -2.34. The molecule has 0 spiro atoms. The zero-order valence-corrected chi connectivity index (χ0v) is 15.2. The Balaban J connectivity index is 1.65. The molecule has 1 N–H and O–H groups in total. The highest BCUT2D eigenvalue weighted by Gasteiger charge is 2.48. The van der Waals surface area contributed by atoms with Gasteiger partial charge in [0.05, 0.1) is 33.4 Å². The van der Waals surface area contributed by atoms with Crippen LogP contribution in [0, 0.1) is 5.92 Å². The Hall–Kier alpha value is -1.95. The van der Waals surface area contributed by atoms with Crippen LogP contribution < -0.4 is 14.2 Å². The van der Waals surface area contributed by atoms with Gasteiger partial charge in [0.2, 0.25) is 11.7 Å². The lowest BCUT2D eigenvalue weighted by atomic mass is 9.89. The molecule has 1 heterocycles. The van der Waals surface area contributed by atoms with Gasteiger partial charge in [0.1, 0.15) is 0 Å². The van der Waals surface area contributed by atoms with Crippen molar-refractivity contribution < 1.29 is 24.1 Å². The number of hydrogen-bond donors (Lipinski definition) is 1. The van der Waals surface area contributed by atoms with Gasteiger partial charge in [-0.05, 0) is 49.3 Å². The molecule has 1 aromatic carbocycles. The summed E-state index contributed by atoms with van der Waals surface area (Å²) in [6, 6.07) is 3.64. The van der Waals surface area contributed by atoms with Crippen LogP contribution >= 0.6 is 0 Å². The topological polar surface area (TPSA) is 68.2 Å². The number of hydrogen-bond acceptors (Lipinski definition) is 5. The largest absolute Gasteiger partial charge is 0.493 e. The third kappa shape index (κ3) is 3.68. The fourth-order valence-corrected chi connectivity index (χ4v) is 3.73. The fourth-order valence-electron chi connectivity index (χ4n) is 3.73. The van der Waals surface area contributed by atoms with Gasteiger partial charge in [0, 0.05) is 13.1 Å². The average molecular weight is 349 g/mol. The smallest absolute Gasteiger partial charge is 0.226 e. The molecule has 1 aliphatic carbocycles. The van der Waals surface area contributed by atoms with Gasteiger partial charge in [-0.3, -0.25) is 4.79 Å². The minimum Gasteiger partial charge on any atom is -0.493 e. The molecule has 0 aromatic heterocycles. The molecule has 1 saturated carbocycles. The van der Waals surface area contributed by atoms with Crippen molar-refractivity contribution in [2.45, 2.75) is 37.7 Å². The number of piperidine rings is 1. The van der Waals surface area contributed by atoms with E-state index >= 15 is 0 Å². The van der Waals surface area contributed by atoms with Crippen molar-refractivity contribution in [2.75, 3.05) is 34.4 Å². The zero-order valence-electron chi connectivity index (χ0n) is 15.2. The van der Waals surface area contributed by atoms with Crippen LogP contribution in [0.2, 0.25) is 0 Å². The first kappa shape index (κ1) is 17.9. The summed E-state index contributed by atoms with van der Waals surface area (Å²) in [5.74, 6) is 2.08. The second-order valence-corrected chi connectivity index (χ2v) is 6.97. The van der Waals surface area contributed by atoms with Gasteiger partial charge in [0.15, 0.2) is 11.5 Å². The molecule has 0 radical (unpaired) electrons. The Kier molecular flexibility index (Phi) is 5.08. The second kappa shape index (κ2) is 7.12. The maximum Gasteiger partial charge on any atom is 0.226 e. The SMILES string of the molecule is COc1cc(CC(=O)N2CCC(C3(O)CC3)CC2)cc(OC)c1OC. The molecule has 2 fully saturated rings. The summed E-state index contributed by atoms with van der Waals surface area (Å²) in [7, 11) is 4.69. The van der Waals surface area contributed by atoms with E-state index in [0.717, 1.165) is 44.3 Å². The molecule has 0 unspecified atom stereocenters. The molecular weight excluding hydrogens is 322 g/mol. The maximum absolute atomic E-state index is 12.6. The molecule has 1 saturated heterocycles. The summed E-state index contributed by atoms with van der Waals surface area (Å²) >= 11 is 0. The Bertz CT molecular complexity index is 608. The minimum absolute atomic E-state index is 0.0931. The Morgan fingerprint density at radius 1 is 1.12 bits per heavy atom. The van der Waals surface area contributed by atoms with Crippen molar-refractivity contribution in [1.29, 1.82) is 0 Å². The first-order valence-electron chi connectivity index (χ1n) is 8.79. The van der Waals surface area contributed by atoms with Gasteiger partial charge in [0.25, 0.3) is 0 Å². The molecule has 0 bridgehead atoms. The van der Waals surface area contributed by atoms with E-state index in [1.165, 1.54) is 0 Å². The van der Waals surface area contributed by atoms with Crippen molar-refractivity contribution in [3.63, 3.8) is 0 Å². The molecule has 3 rings (SSSR count). The minimum atomic E-state index is -0.439. The van der Waals surface area contributed by atoms with E-state index in [-0.39, 0.29) is 5.91 Å². The third-order valence-corrected chi connectivity index (χ3v) is 5.45. The predicted molar refractivity (Wildman–Crippen MR) is 93.3 cm³/mol. The molecule has 0 atom stereocenters. The van der Waals surface area contributed by atoms with Crippen LogP contribution in [0.15, 0.2) is 12.1 Å².